The van der Waals surface area contributed by atoms with Crippen LogP contribution in [0.5, 0.6) is 0 Å². The van der Waals surface area contributed by atoms with Gasteiger partial charge in [0.1, 0.15) is 5.82 Å². The molecule has 1 rings (SSSR count). The highest BCUT2D eigenvalue weighted by Crippen LogP contribution is 2.15. The molecule has 0 fully saturated rings. The molecule has 1 atom stereocenters. The predicted molar refractivity (Wildman–Crippen MR) is 70.1 cm³/mol. The quantitative estimate of drug-likeness (QED) is 0.825. The molecule has 0 bridgehead atoms. The van der Waals surface area contributed by atoms with Crippen LogP contribution in [0.15, 0.2) is 18.2 Å². The van der Waals surface area contributed by atoms with E-state index in [4.69, 9.17) is 5.73 Å². The van der Waals surface area contributed by atoms with Crippen molar-refractivity contribution in [2.45, 2.75) is 33.4 Å². The van der Waals surface area contributed by atoms with E-state index < -0.39 is 0 Å². The van der Waals surface area contributed by atoms with Crippen LogP contribution in [0.3, 0.4) is 0 Å². The summed E-state index contributed by atoms with van der Waals surface area (Å²) >= 11 is 0. The fraction of sp³-hybridized carbons (Fsp3) is 0.571. The van der Waals surface area contributed by atoms with Gasteiger partial charge in [0.25, 0.3) is 0 Å². The monoisotopic (exact) mass is 238 g/mol. The molecule has 1 aromatic carbocycles. The number of hydrogen-bond donors (Lipinski definition) is 1. The number of benzene rings is 1. The average molecular weight is 238 g/mol. The largest absolute Gasteiger partial charge is 0.326 e. The minimum atomic E-state index is -0.147. The first-order valence-electron chi connectivity index (χ1n) is 6.23. The van der Waals surface area contributed by atoms with E-state index in [0.29, 0.717) is 18.0 Å². The molecule has 0 spiro atoms. The fourth-order valence-electron chi connectivity index (χ4n) is 1.93. The Morgan fingerprint density at radius 2 is 2.00 bits per heavy atom. The lowest BCUT2D eigenvalue weighted by Crippen LogP contribution is -2.24. The molecule has 2 N–H and O–H groups in total. The zero-order valence-electron chi connectivity index (χ0n) is 11.0. The highest BCUT2D eigenvalue weighted by atomic mass is 19.1. The molecular weight excluding hydrogens is 215 g/mol. The van der Waals surface area contributed by atoms with Crippen LogP contribution in [-0.4, -0.2) is 18.5 Å². The van der Waals surface area contributed by atoms with Gasteiger partial charge in [-0.15, -0.1) is 0 Å². The lowest BCUT2D eigenvalue weighted by molar-refractivity contribution is 0.271. The van der Waals surface area contributed by atoms with Crippen molar-refractivity contribution in [1.29, 1.82) is 0 Å². The number of hydrogen-bond acceptors (Lipinski definition) is 2. The molecular formula is C14H23FN2. The summed E-state index contributed by atoms with van der Waals surface area (Å²) in [5.41, 5.74) is 6.83. The summed E-state index contributed by atoms with van der Waals surface area (Å²) in [6.45, 7) is 6.28. The normalized spacial score (nSPS) is 13.1. The molecule has 0 aliphatic rings. The molecule has 0 radical (unpaired) electrons. The lowest BCUT2D eigenvalue weighted by atomic mass is 10.1. The van der Waals surface area contributed by atoms with Gasteiger partial charge in [-0.2, -0.15) is 0 Å². The van der Waals surface area contributed by atoms with Crippen molar-refractivity contribution in [3.63, 3.8) is 0 Å². The van der Waals surface area contributed by atoms with Crippen molar-refractivity contribution in [2.24, 2.45) is 11.7 Å². The third kappa shape index (κ3) is 4.10. The van der Waals surface area contributed by atoms with Gasteiger partial charge in [-0.05, 0) is 13.0 Å². The first-order valence-corrected chi connectivity index (χ1v) is 6.23. The molecule has 96 valence electrons. The van der Waals surface area contributed by atoms with E-state index in [-0.39, 0.29) is 12.4 Å². The van der Waals surface area contributed by atoms with Crippen LogP contribution in [0.25, 0.3) is 0 Å². The number of rotatable bonds is 6. The van der Waals surface area contributed by atoms with E-state index in [1.54, 1.807) is 6.07 Å². The second-order valence-corrected chi connectivity index (χ2v) is 4.80. The maximum atomic E-state index is 13.9. The minimum Gasteiger partial charge on any atom is -0.326 e. The molecule has 3 heteroatoms. The minimum absolute atomic E-state index is 0.147. The molecule has 0 saturated heterocycles. The van der Waals surface area contributed by atoms with E-state index >= 15 is 0 Å². The smallest absolute Gasteiger partial charge is 0.132 e. The Bertz CT molecular complexity index is 352. The lowest BCUT2D eigenvalue weighted by Gasteiger charge is -2.21. The SMILES string of the molecule is CCC(C)CN(C)Cc1cccc(CN)c1F. The van der Waals surface area contributed by atoms with E-state index in [1.807, 2.05) is 19.2 Å². The predicted octanol–water partition coefficient (Wildman–Crippen LogP) is 2.76. The summed E-state index contributed by atoms with van der Waals surface area (Å²) < 4.78 is 13.9. The molecule has 0 aliphatic carbocycles. The summed E-state index contributed by atoms with van der Waals surface area (Å²) in [7, 11) is 2.03. The summed E-state index contributed by atoms with van der Waals surface area (Å²) in [6.07, 6.45) is 1.15. The maximum absolute atomic E-state index is 13.9. The molecule has 0 amide bonds. The van der Waals surface area contributed by atoms with Crippen LogP contribution in [0.1, 0.15) is 31.4 Å². The van der Waals surface area contributed by atoms with Gasteiger partial charge in [0.2, 0.25) is 0 Å². The van der Waals surface area contributed by atoms with Crippen molar-refractivity contribution in [3.8, 4) is 0 Å². The van der Waals surface area contributed by atoms with Crippen LogP contribution in [0.2, 0.25) is 0 Å². The Kier molecular flexibility index (Phi) is 5.59. The van der Waals surface area contributed by atoms with Gasteiger partial charge in [-0.3, -0.25) is 0 Å². The van der Waals surface area contributed by atoms with E-state index in [9.17, 15) is 4.39 Å². The molecule has 0 aromatic heterocycles. The molecule has 0 saturated carbocycles. The second kappa shape index (κ2) is 6.72. The van der Waals surface area contributed by atoms with Crippen LogP contribution in [0, 0.1) is 11.7 Å². The fourth-order valence-corrected chi connectivity index (χ4v) is 1.93. The van der Waals surface area contributed by atoms with Gasteiger partial charge in [0.15, 0.2) is 0 Å². The summed E-state index contributed by atoms with van der Waals surface area (Å²) in [6, 6.07) is 5.45. The Morgan fingerprint density at radius 1 is 1.35 bits per heavy atom. The van der Waals surface area contributed by atoms with Crippen LogP contribution in [0.4, 0.5) is 4.39 Å². The number of nitrogens with two attached hydrogens (primary N) is 1. The van der Waals surface area contributed by atoms with E-state index in [0.717, 1.165) is 18.5 Å². The standard InChI is InChI=1S/C14H23FN2/c1-4-11(2)9-17(3)10-13-7-5-6-12(8-16)14(13)15/h5-7,11H,4,8-10,16H2,1-3H3. The van der Waals surface area contributed by atoms with Crippen LogP contribution in [-0.2, 0) is 13.1 Å². The third-order valence-electron chi connectivity index (χ3n) is 3.14. The number of nitrogens with zero attached hydrogens (tertiary/aromatic N) is 1. The topological polar surface area (TPSA) is 29.3 Å². The molecule has 0 aliphatic heterocycles. The van der Waals surface area contributed by atoms with Crippen LogP contribution < -0.4 is 5.73 Å². The summed E-state index contributed by atoms with van der Waals surface area (Å²) in [5, 5.41) is 0. The Morgan fingerprint density at radius 3 is 2.59 bits per heavy atom. The first-order chi connectivity index (χ1) is 8.08. The highest BCUT2D eigenvalue weighted by molar-refractivity contribution is 5.25. The highest BCUT2D eigenvalue weighted by Gasteiger charge is 2.10. The summed E-state index contributed by atoms with van der Waals surface area (Å²) in [4.78, 5) is 2.16. The van der Waals surface area contributed by atoms with Crippen molar-refractivity contribution in [1.82, 2.24) is 4.90 Å². The van der Waals surface area contributed by atoms with Crippen molar-refractivity contribution >= 4 is 0 Å². The van der Waals surface area contributed by atoms with E-state index in [1.165, 1.54) is 0 Å². The van der Waals surface area contributed by atoms with Crippen molar-refractivity contribution in [3.05, 3.63) is 35.1 Å². The van der Waals surface area contributed by atoms with Gasteiger partial charge in [0, 0.05) is 30.8 Å². The Hall–Kier alpha value is -0.930. The molecule has 17 heavy (non-hydrogen) atoms. The molecule has 1 unspecified atom stereocenters. The zero-order valence-corrected chi connectivity index (χ0v) is 11.0. The third-order valence-corrected chi connectivity index (χ3v) is 3.14. The van der Waals surface area contributed by atoms with Crippen molar-refractivity contribution < 1.29 is 4.39 Å². The van der Waals surface area contributed by atoms with E-state index in [2.05, 4.69) is 18.7 Å². The van der Waals surface area contributed by atoms with Gasteiger partial charge < -0.3 is 10.6 Å². The van der Waals surface area contributed by atoms with Gasteiger partial charge in [-0.25, -0.2) is 4.39 Å². The molecule has 1 aromatic rings. The van der Waals surface area contributed by atoms with Gasteiger partial charge >= 0.3 is 0 Å². The maximum Gasteiger partial charge on any atom is 0.132 e. The number of halogens is 1. The van der Waals surface area contributed by atoms with Crippen LogP contribution >= 0.6 is 0 Å². The van der Waals surface area contributed by atoms with Crippen molar-refractivity contribution in [2.75, 3.05) is 13.6 Å². The van der Waals surface area contributed by atoms with Gasteiger partial charge in [0.05, 0.1) is 0 Å². The summed E-state index contributed by atoms with van der Waals surface area (Å²) in [5.74, 6) is 0.492. The average Bonchev–Trinajstić information content (AvgIpc) is 2.31. The van der Waals surface area contributed by atoms with Gasteiger partial charge in [-0.1, -0.05) is 38.5 Å². The first kappa shape index (κ1) is 14.1. The Labute approximate surface area is 104 Å². The molecule has 2 nitrogen and oxygen atoms in total. The zero-order chi connectivity index (χ0) is 12.8. The Balaban J connectivity index is 2.68. The molecule has 0 heterocycles. The second-order valence-electron chi connectivity index (χ2n) is 4.80.